The molecule has 18 heavy (non-hydrogen) atoms. The van der Waals surface area contributed by atoms with Crippen molar-refractivity contribution < 1.29 is 9.53 Å². The van der Waals surface area contributed by atoms with Gasteiger partial charge in [-0.3, -0.25) is 9.48 Å². The number of ether oxygens (including phenoxy) is 1. The Hall–Kier alpha value is -1.56. The first kappa shape index (κ1) is 12.9. The van der Waals surface area contributed by atoms with Crippen LogP contribution in [0, 0.1) is 0 Å². The normalized spacial score (nSPS) is 20.2. The Kier molecular flexibility index (Phi) is 3.56. The first-order valence-electron chi connectivity index (χ1n) is 6.26. The van der Waals surface area contributed by atoms with E-state index in [2.05, 4.69) is 5.10 Å². The van der Waals surface area contributed by atoms with Gasteiger partial charge in [0.15, 0.2) is 0 Å². The van der Waals surface area contributed by atoms with Crippen LogP contribution < -0.4 is 5.73 Å². The van der Waals surface area contributed by atoms with Crippen molar-refractivity contribution in [1.29, 1.82) is 0 Å². The highest BCUT2D eigenvalue weighted by molar-refractivity contribution is 5.98. The number of nitrogens with two attached hydrogens (primary N) is 1. The van der Waals surface area contributed by atoms with Crippen LogP contribution in [0.2, 0.25) is 0 Å². The maximum Gasteiger partial charge on any atom is 0.274 e. The molecule has 1 aliphatic rings. The van der Waals surface area contributed by atoms with E-state index >= 15 is 0 Å². The molecule has 2 N–H and O–H groups in total. The molecular weight excluding hydrogens is 232 g/mol. The van der Waals surface area contributed by atoms with E-state index in [9.17, 15) is 4.79 Å². The molecule has 0 aromatic carbocycles. The Labute approximate surface area is 107 Å². The zero-order chi connectivity index (χ0) is 13.3. The molecule has 1 saturated heterocycles. The summed E-state index contributed by atoms with van der Waals surface area (Å²) in [6, 6.07) is 0.0747. The Morgan fingerprint density at radius 1 is 1.61 bits per heavy atom. The van der Waals surface area contributed by atoms with E-state index in [4.69, 9.17) is 10.5 Å². The number of carbonyl (C=O) groups excluding carboxylic acids is 1. The first-order valence-corrected chi connectivity index (χ1v) is 6.26. The third-order valence-electron chi connectivity index (χ3n) is 3.33. The van der Waals surface area contributed by atoms with E-state index in [1.165, 1.54) is 0 Å². The molecule has 0 saturated carbocycles. The maximum atomic E-state index is 12.5. The molecule has 6 heteroatoms. The number of rotatable bonds is 2. The average molecular weight is 252 g/mol. The molecule has 6 nitrogen and oxygen atoms in total. The second-order valence-electron chi connectivity index (χ2n) is 4.61. The summed E-state index contributed by atoms with van der Waals surface area (Å²) in [7, 11) is 1.76. The number of hydrogen-bond acceptors (Lipinski definition) is 4. The van der Waals surface area contributed by atoms with Crippen LogP contribution in [0.4, 0.5) is 5.69 Å². The quantitative estimate of drug-likeness (QED) is 0.828. The van der Waals surface area contributed by atoms with Crippen molar-refractivity contribution in [2.45, 2.75) is 26.3 Å². The van der Waals surface area contributed by atoms with Gasteiger partial charge in [0.25, 0.3) is 5.91 Å². The summed E-state index contributed by atoms with van der Waals surface area (Å²) in [5, 5.41) is 4.28. The largest absolute Gasteiger partial charge is 0.395 e. The minimum atomic E-state index is -0.0574. The monoisotopic (exact) mass is 252 g/mol. The van der Waals surface area contributed by atoms with Gasteiger partial charge in [-0.15, -0.1) is 0 Å². The minimum absolute atomic E-state index is 0.0574. The molecule has 1 atom stereocenters. The minimum Gasteiger partial charge on any atom is -0.395 e. The number of nitrogens with zero attached hydrogens (tertiary/aromatic N) is 3. The van der Waals surface area contributed by atoms with Gasteiger partial charge >= 0.3 is 0 Å². The smallest absolute Gasteiger partial charge is 0.274 e. The molecule has 0 aliphatic carbocycles. The lowest BCUT2D eigenvalue weighted by atomic mass is 10.2. The number of hydrogen-bond donors (Lipinski definition) is 1. The number of aryl methyl sites for hydroxylation is 2. The number of morpholine rings is 1. The van der Waals surface area contributed by atoms with Crippen LogP contribution in [0.15, 0.2) is 0 Å². The summed E-state index contributed by atoms with van der Waals surface area (Å²) >= 11 is 0. The van der Waals surface area contributed by atoms with Crippen LogP contribution >= 0.6 is 0 Å². The second-order valence-corrected chi connectivity index (χ2v) is 4.61. The van der Waals surface area contributed by atoms with Gasteiger partial charge in [0.05, 0.1) is 30.6 Å². The van der Waals surface area contributed by atoms with Gasteiger partial charge in [0.2, 0.25) is 0 Å². The van der Waals surface area contributed by atoms with E-state index in [1.54, 1.807) is 16.6 Å². The Morgan fingerprint density at radius 2 is 2.33 bits per heavy atom. The SMILES string of the molecule is CCc1nn(C)c(C(=O)N2CCOC[C@H]2C)c1N. The molecule has 2 rings (SSSR count). The zero-order valence-corrected chi connectivity index (χ0v) is 11.1. The van der Waals surface area contributed by atoms with Gasteiger partial charge in [-0.1, -0.05) is 6.92 Å². The predicted octanol–water partition coefficient (Wildman–Crippen LogP) is 0.426. The van der Waals surface area contributed by atoms with Gasteiger partial charge in [-0.25, -0.2) is 0 Å². The Bertz CT molecular complexity index is 455. The number of nitrogen functional groups attached to an aromatic ring is 1. The van der Waals surface area contributed by atoms with Crippen LogP contribution in [-0.4, -0.2) is 46.4 Å². The number of carbonyl (C=O) groups is 1. The van der Waals surface area contributed by atoms with Gasteiger partial charge in [-0.05, 0) is 13.3 Å². The molecule has 1 aromatic rings. The van der Waals surface area contributed by atoms with E-state index in [0.29, 0.717) is 31.1 Å². The van der Waals surface area contributed by atoms with Crippen LogP contribution in [0.3, 0.4) is 0 Å². The fourth-order valence-electron chi connectivity index (χ4n) is 2.28. The summed E-state index contributed by atoms with van der Waals surface area (Å²) in [5.74, 6) is -0.0574. The van der Waals surface area contributed by atoms with Crippen molar-refractivity contribution in [2.75, 3.05) is 25.5 Å². The van der Waals surface area contributed by atoms with Crippen LogP contribution in [-0.2, 0) is 18.2 Å². The lowest BCUT2D eigenvalue weighted by molar-refractivity contribution is 0.00307. The summed E-state index contributed by atoms with van der Waals surface area (Å²) < 4.78 is 6.92. The molecular formula is C12H20N4O2. The Morgan fingerprint density at radius 3 is 2.89 bits per heavy atom. The van der Waals surface area contributed by atoms with E-state index in [-0.39, 0.29) is 11.9 Å². The van der Waals surface area contributed by atoms with E-state index < -0.39 is 0 Å². The topological polar surface area (TPSA) is 73.4 Å². The predicted molar refractivity (Wildman–Crippen MR) is 68.3 cm³/mol. The van der Waals surface area contributed by atoms with Gasteiger partial charge in [0.1, 0.15) is 5.69 Å². The highest BCUT2D eigenvalue weighted by atomic mass is 16.5. The summed E-state index contributed by atoms with van der Waals surface area (Å²) in [5.41, 5.74) is 7.78. The summed E-state index contributed by atoms with van der Waals surface area (Å²) in [6.45, 7) is 5.71. The van der Waals surface area contributed by atoms with Gasteiger partial charge in [0, 0.05) is 13.6 Å². The molecule has 0 spiro atoms. The molecule has 100 valence electrons. The molecule has 1 aliphatic heterocycles. The van der Waals surface area contributed by atoms with Crippen molar-refractivity contribution in [3.63, 3.8) is 0 Å². The standard InChI is InChI=1S/C12H20N4O2/c1-4-9-10(13)11(15(3)14-9)12(17)16-5-6-18-7-8(16)2/h8H,4-7,13H2,1-3H3/t8-/m1/s1. The number of anilines is 1. The fraction of sp³-hybridized carbons (Fsp3) is 0.667. The summed E-state index contributed by atoms with van der Waals surface area (Å²) in [4.78, 5) is 14.3. The van der Waals surface area contributed by atoms with Gasteiger partial charge < -0.3 is 15.4 Å². The van der Waals surface area contributed by atoms with Crippen molar-refractivity contribution in [3.05, 3.63) is 11.4 Å². The highest BCUT2D eigenvalue weighted by Gasteiger charge is 2.29. The molecule has 1 fully saturated rings. The molecule has 2 heterocycles. The Balaban J connectivity index is 2.30. The number of aromatic nitrogens is 2. The van der Waals surface area contributed by atoms with Crippen molar-refractivity contribution in [3.8, 4) is 0 Å². The maximum absolute atomic E-state index is 12.5. The van der Waals surface area contributed by atoms with E-state index in [1.807, 2.05) is 13.8 Å². The highest BCUT2D eigenvalue weighted by Crippen LogP contribution is 2.20. The fourth-order valence-corrected chi connectivity index (χ4v) is 2.28. The summed E-state index contributed by atoms with van der Waals surface area (Å²) in [6.07, 6.45) is 0.728. The first-order chi connectivity index (χ1) is 8.56. The third kappa shape index (κ3) is 2.08. The average Bonchev–Trinajstić information content (AvgIpc) is 2.64. The van der Waals surface area contributed by atoms with Crippen LogP contribution in [0.1, 0.15) is 30.0 Å². The molecule has 1 aromatic heterocycles. The van der Waals surface area contributed by atoms with Crippen LogP contribution in [0.5, 0.6) is 0 Å². The third-order valence-corrected chi connectivity index (χ3v) is 3.33. The lowest BCUT2D eigenvalue weighted by Gasteiger charge is -2.33. The molecule has 0 radical (unpaired) electrons. The van der Waals surface area contributed by atoms with Crippen molar-refractivity contribution in [1.82, 2.24) is 14.7 Å². The lowest BCUT2D eigenvalue weighted by Crippen LogP contribution is -2.47. The number of amides is 1. The molecule has 0 bridgehead atoms. The second kappa shape index (κ2) is 4.97. The zero-order valence-electron chi connectivity index (χ0n) is 11.1. The van der Waals surface area contributed by atoms with E-state index in [0.717, 1.165) is 12.1 Å². The molecule has 1 amide bonds. The van der Waals surface area contributed by atoms with Crippen molar-refractivity contribution >= 4 is 11.6 Å². The molecule has 0 unspecified atom stereocenters. The van der Waals surface area contributed by atoms with Crippen molar-refractivity contribution in [2.24, 2.45) is 7.05 Å². The van der Waals surface area contributed by atoms with Gasteiger partial charge in [-0.2, -0.15) is 5.10 Å². The van der Waals surface area contributed by atoms with Crippen LogP contribution in [0.25, 0.3) is 0 Å².